The number of benzene rings is 1. The second kappa shape index (κ2) is 6.34. The zero-order valence-electron chi connectivity index (χ0n) is 11.8. The molecule has 1 amide bonds. The Morgan fingerprint density at radius 1 is 1.38 bits per heavy atom. The number of methoxy groups -OCH3 is 1. The summed E-state index contributed by atoms with van der Waals surface area (Å²) in [5.41, 5.74) is 0.327. The van der Waals surface area contributed by atoms with Crippen molar-refractivity contribution in [3.63, 3.8) is 0 Å². The van der Waals surface area contributed by atoms with Gasteiger partial charge in [-0.15, -0.1) is 0 Å². The third kappa shape index (κ3) is 3.36. The predicted molar refractivity (Wildman–Crippen MR) is 73.1 cm³/mol. The van der Waals surface area contributed by atoms with Crippen LogP contribution in [0.2, 0.25) is 0 Å². The van der Waals surface area contributed by atoms with E-state index in [0.29, 0.717) is 36.0 Å². The van der Waals surface area contributed by atoms with Crippen molar-refractivity contribution in [3.05, 3.63) is 17.7 Å². The number of nitrogens with one attached hydrogen (secondary N) is 1. The molecule has 114 valence electrons. The van der Waals surface area contributed by atoms with E-state index in [4.69, 9.17) is 19.3 Å². The van der Waals surface area contributed by atoms with Gasteiger partial charge in [-0.05, 0) is 12.1 Å². The van der Waals surface area contributed by atoms with Crippen molar-refractivity contribution in [2.75, 3.05) is 26.9 Å². The molecule has 1 aromatic rings. The molecule has 1 aliphatic rings. The lowest BCUT2D eigenvalue weighted by atomic mass is 10.1. The van der Waals surface area contributed by atoms with Gasteiger partial charge < -0.3 is 24.6 Å². The summed E-state index contributed by atoms with van der Waals surface area (Å²) < 4.78 is 16.1. The van der Waals surface area contributed by atoms with Gasteiger partial charge in [0.1, 0.15) is 13.2 Å². The fourth-order valence-corrected chi connectivity index (χ4v) is 1.84. The Morgan fingerprint density at radius 2 is 2.10 bits per heavy atom. The van der Waals surface area contributed by atoms with Crippen LogP contribution < -0.4 is 19.5 Å². The van der Waals surface area contributed by atoms with E-state index >= 15 is 0 Å². The highest BCUT2D eigenvalue weighted by Gasteiger charge is 2.21. The third-order valence-electron chi connectivity index (χ3n) is 3.08. The highest BCUT2D eigenvalue weighted by Crippen LogP contribution is 2.40. The molecule has 0 radical (unpaired) electrons. The van der Waals surface area contributed by atoms with Crippen molar-refractivity contribution in [1.82, 2.24) is 5.32 Å². The second-order valence-corrected chi connectivity index (χ2v) is 4.65. The maximum Gasteiger partial charge on any atom is 0.308 e. The smallest absolute Gasteiger partial charge is 0.308 e. The van der Waals surface area contributed by atoms with Crippen LogP contribution in [0.15, 0.2) is 12.1 Å². The molecule has 0 saturated carbocycles. The standard InChI is InChI=1S/C14H17NO6/c1-8(14(17)18)7-15-13(16)9-5-10(19-2)12-11(6-9)20-3-4-21-12/h5-6,8H,3-4,7H2,1-2H3,(H,15,16)(H,17,18)/t8-/m0/s1. The van der Waals surface area contributed by atoms with Crippen molar-refractivity contribution in [2.24, 2.45) is 5.92 Å². The fraction of sp³-hybridized carbons (Fsp3) is 0.429. The summed E-state index contributed by atoms with van der Waals surface area (Å²) in [6, 6.07) is 3.09. The van der Waals surface area contributed by atoms with E-state index in [-0.39, 0.29) is 6.54 Å². The van der Waals surface area contributed by atoms with Crippen LogP contribution >= 0.6 is 0 Å². The first-order chi connectivity index (χ1) is 10.0. The summed E-state index contributed by atoms with van der Waals surface area (Å²) in [5, 5.41) is 11.4. The van der Waals surface area contributed by atoms with Crippen molar-refractivity contribution in [1.29, 1.82) is 0 Å². The van der Waals surface area contributed by atoms with E-state index < -0.39 is 17.8 Å². The lowest BCUT2D eigenvalue weighted by Crippen LogP contribution is -2.31. The Kier molecular flexibility index (Phi) is 4.52. The molecule has 0 aliphatic carbocycles. The number of hydrogen-bond acceptors (Lipinski definition) is 5. The lowest BCUT2D eigenvalue weighted by Gasteiger charge is -2.21. The predicted octanol–water partition coefficient (Wildman–Crippen LogP) is 0.917. The second-order valence-electron chi connectivity index (χ2n) is 4.65. The molecule has 0 saturated heterocycles. The monoisotopic (exact) mass is 295 g/mol. The van der Waals surface area contributed by atoms with Gasteiger partial charge in [-0.1, -0.05) is 6.92 Å². The van der Waals surface area contributed by atoms with Crippen LogP contribution in [0.4, 0.5) is 0 Å². The first kappa shape index (κ1) is 15.0. The van der Waals surface area contributed by atoms with Gasteiger partial charge in [0.25, 0.3) is 5.91 Å². The number of carboxylic acids is 1. The largest absolute Gasteiger partial charge is 0.493 e. The summed E-state index contributed by atoms with van der Waals surface area (Å²) in [6.45, 7) is 2.39. The van der Waals surface area contributed by atoms with Crippen LogP contribution in [0, 0.1) is 5.92 Å². The number of carbonyl (C=O) groups is 2. The maximum absolute atomic E-state index is 12.1. The minimum Gasteiger partial charge on any atom is -0.493 e. The topological polar surface area (TPSA) is 94.1 Å². The number of carbonyl (C=O) groups excluding carboxylic acids is 1. The van der Waals surface area contributed by atoms with Gasteiger partial charge >= 0.3 is 5.97 Å². The van der Waals surface area contributed by atoms with Gasteiger partial charge in [-0.25, -0.2) is 0 Å². The lowest BCUT2D eigenvalue weighted by molar-refractivity contribution is -0.140. The fourth-order valence-electron chi connectivity index (χ4n) is 1.84. The molecular formula is C14H17NO6. The van der Waals surface area contributed by atoms with Crippen LogP contribution in [-0.2, 0) is 4.79 Å². The van der Waals surface area contributed by atoms with E-state index in [2.05, 4.69) is 5.32 Å². The minimum absolute atomic E-state index is 0.0466. The molecule has 0 fully saturated rings. The molecule has 1 aliphatic heterocycles. The van der Waals surface area contributed by atoms with E-state index in [1.54, 1.807) is 6.07 Å². The van der Waals surface area contributed by atoms with Crippen LogP contribution in [0.5, 0.6) is 17.2 Å². The molecule has 0 spiro atoms. The van der Waals surface area contributed by atoms with Gasteiger partial charge in [0.15, 0.2) is 11.5 Å². The quantitative estimate of drug-likeness (QED) is 0.839. The molecule has 1 atom stereocenters. The summed E-state index contributed by atoms with van der Waals surface area (Å²) in [5.74, 6) is -0.693. The van der Waals surface area contributed by atoms with Crippen molar-refractivity contribution >= 4 is 11.9 Å². The molecule has 0 unspecified atom stereocenters. The van der Waals surface area contributed by atoms with E-state index in [9.17, 15) is 9.59 Å². The van der Waals surface area contributed by atoms with Crippen molar-refractivity contribution in [3.8, 4) is 17.2 Å². The number of ether oxygens (including phenoxy) is 3. The SMILES string of the molecule is COc1cc(C(=O)NC[C@H](C)C(=O)O)cc2c1OCCO2. The van der Waals surface area contributed by atoms with Gasteiger partial charge in [0.2, 0.25) is 5.75 Å². The Hall–Kier alpha value is -2.44. The van der Waals surface area contributed by atoms with E-state index in [1.807, 2.05) is 0 Å². The normalized spacial score (nSPS) is 14.2. The highest BCUT2D eigenvalue weighted by atomic mass is 16.6. The molecule has 2 N–H and O–H groups in total. The number of rotatable bonds is 5. The van der Waals surface area contributed by atoms with E-state index in [1.165, 1.54) is 20.1 Å². The Labute approximate surface area is 121 Å². The average molecular weight is 295 g/mol. The minimum atomic E-state index is -0.963. The maximum atomic E-state index is 12.1. The summed E-state index contributed by atoms with van der Waals surface area (Å²) in [7, 11) is 1.47. The first-order valence-electron chi connectivity index (χ1n) is 6.51. The Bertz CT molecular complexity index is 539. The van der Waals surface area contributed by atoms with Gasteiger partial charge in [-0.3, -0.25) is 9.59 Å². The Balaban J connectivity index is 2.16. The number of amides is 1. The third-order valence-corrected chi connectivity index (χ3v) is 3.08. The zero-order valence-corrected chi connectivity index (χ0v) is 11.8. The Morgan fingerprint density at radius 3 is 2.76 bits per heavy atom. The highest BCUT2D eigenvalue weighted by molar-refractivity contribution is 5.95. The average Bonchev–Trinajstić information content (AvgIpc) is 2.50. The van der Waals surface area contributed by atoms with Gasteiger partial charge in [0, 0.05) is 12.1 Å². The molecular weight excluding hydrogens is 278 g/mol. The summed E-state index contributed by atoms with van der Waals surface area (Å²) in [6.07, 6.45) is 0. The number of hydrogen-bond donors (Lipinski definition) is 2. The molecule has 0 aromatic heterocycles. The van der Waals surface area contributed by atoms with Gasteiger partial charge in [-0.2, -0.15) is 0 Å². The molecule has 1 aromatic carbocycles. The van der Waals surface area contributed by atoms with Crippen molar-refractivity contribution < 1.29 is 28.9 Å². The summed E-state index contributed by atoms with van der Waals surface area (Å²) in [4.78, 5) is 22.8. The van der Waals surface area contributed by atoms with Crippen LogP contribution in [0.1, 0.15) is 17.3 Å². The van der Waals surface area contributed by atoms with Crippen molar-refractivity contribution in [2.45, 2.75) is 6.92 Å². The number of fused-ring (bicyclic) bond motifs is 1. The molecule has 7 nitrogen and oxygen atoms in total. The van der Waals surface area contributed by atoms with E-state index in [0.717, 1.165) is 0 Å². The molecule has 2 rings (SSSR count). The molecule has 21 heavy (non-hydrogen) atoms. The zero-order chi connectivity index (χ0) is 15.4. The number of carboxylic acid groups (broad SMARTS) is 1. The molecule has 1 heterocycles. The first-order valence-corrected chi connectivity index (χ1v) is 6.51. The molecule has 7 heteroatoms. The number of aliphatic carboxylic acids is 1. The van der Waals surface area contributed by atoms with Crippen LogP contribution in [0.25, 0.3) is 0 Å². The van der Waals surface area contributed by atoms with Crippen LogP contribution in [-0.4, -0.2) is 43.9 Å². The van der Waals surface area contributed by atoms with Crippen LogP contribution in [0.3, 0.4) is 0 Å². The van der Waals surface area contributed by atoms with Gasteiger partial charge in [0.05, 0.1) is 13.0 Å². The summed E-state index contributed by atoms with van der Waals surface area (Å²) >= 11 is 0. The molecule has 0 bridgehead atoms.